The normalized spacial score (nSPS) is 16.5. The van der Waals surface area contributed by atoms with E-state index in [1.807, 2.05) is 36.4 Å². The summed E-state index contributed by atoms with van der Waals surface area (Å²) < 4.78 is 13.3. The van der Waals surface area contributed by atoms with E-state index in [9.17, 15) is 9.18 Å². The van der Waals surface area contributed by atoms with Gasteiger partial charge in [0.05, 0.1) is 10.7 Å². The first-order valence-corrected chi connectivity index (χ1v) is 9.09. The molecule has 5 nitrogen and oxygen atoms in total. The van der Waals surface area contributed by atoms with Gasteiger partial charge in [-0.3, -0.25) is 9.89 Å². The van der Waals surface area contributed by atoms with Crippen LogP contribution in [0.25, 0.3) is 11.3 Å². The fourth-order valence-corrected chi connectivity index (χ4v) is 3.41. The third kappa shape index (κ3) is 3.80. The molecule has 0 radical (unpaired) electrons. The number of halogens is 2. The van der Waals surface area contributed by atoms with Gasteiger partial charge >= 0.3 is 0 Å². The van der Waals surface area contributed by atoms with Crippen LogP contribution in [0.5, 0.6) is 0 Å². The van der Waals surface area contributed by atoms with Crippen molar-refractivity contribution in [2.24, 2.45) is 0 Å². The van der Waals surface area contributed by atoms with E-state index in [0.29, 0.717) is 12.1 Å². The number of aromatic nitrogens is 2. The van der Waals surface area contributed by atoms with Gasteiger partial charge in [0, 0.05) is 30.8 Å². The lowest BCUT2D eigenvalue weighted by atomic mass is 10.1. The summed E-state index contributed by atoms with van der Waals surface area (Å²) >= 11 is 5.76. The van der Waals surface area contributed by atoms with Crippen LogP contribution in [0, 0.1) is 5.82 Å². The highest BCUT2D eigenvalue weighted by Gasteiger charge is 2.26. The minimum absolute atomic E-state index is 0.00166. The molecule has 1 atom stereocenters. The minimum Gasteiger partial charge on any atom is -0.353 e. The van der Waals surface area contributed by atoms with E-state index in [4.69, 9.17) is 11.6 Å². The summed E-state index contributed by atoms with van der Waals surface area (Å²) in [7, 11) is 0. The molecule has 1 fully saturated rings. The maximum absolute atomic E-state index is 13.3. The summed E-state index contributed by atoms with van der Waals surface area (Å²) in [6, 6.07) is 16.0. The topological polar surface area (TPSA) is 61.0 Å². The van der Waals surface area contributed by atoms with Crippen molar-refractivity contribution >= 4 is 23.3 Å². The fourth-order valence-electron chi connectivity index (χ4n) is 3.23. The third-order valence-corrected chi connectivity index (χ3v) is 4.97. The molecule has 0 bridgehead atoms. The van der Waals surface area contributed by atoms with Crippen LogP contribution in [-0.4, -0.2) is 35.2 Å². The molecule has 2 aromatic carbocycles. The Bertz CT molecular complexity index is 960. The molecule has 138 valence electrons. The average Bonchev–Trinajstić information content (AvgIpc) is 3.34. The van der Waals surface area contributed by atoms with Gasteiger partial charge in [0.25, 0.3) is 5.91 Å². The molecule has 1 amide bonds. The van der Waals surface area contributed by atoms with Crippen molar-refractivity contribution in [2.75, 3.05) is 18.0 Å². The molecule has 1 aliphatic rings. The number of anilines is 1. The molecule has 3 aromatic rings. The molecule has 27 heavy (non-hydrogen) atoms. The van der Waals surface area contributed by atoms with Gasteiger partial charge in [0.15, 0.2) is 5.82 Å². The molecule has 2 heterocycles. The molecular formula is C20H18ClFN4O. The molecule has 0 saturated carbocycles. The lowest BCUT2D eigenvalue weighted by Gasteiger charge is -2.16. The Balaban J connectivity index is 1.39. The van der Waals surface area contributed by atoms with Gasteiger partial charge in [-0.25, -0.2) is 4.39 Å². The first-order valence-electron chi connectivity index (χ1n) is 8.72. The van der Waals surface area contributed by atoms with Gasteiger partial charge < -0.3 is 10.2 Å². The van der Waals surface area contributed by atoms with E-state index in [-0.39, 0.29) is 17.0 Å². The second-order valence-corrected chi connectivity index (χ2v) is 6.95. The van der Waals surface area contributed by atoms with Crippen molar-refractivity contribution in [1.29, 1.82) is 0 Å². The summed E-state index contributed by atoms with van der Waals surface area (Å²) in [5.74, 6) is 0.0687. The van der Waals surface area contributed by atoms with Crippen LogP contribution >= 0.6 is 11.6 Å². The molecular weight excluding hydrogens is 367 g/mol. The third-order valence-electron chi connectivity index (χ3n) is 4.68. The number of hydrogen-bond acceptors (Lipinski definition) is 3. The van der Waals surface area contributed by atoms with E-state index in [2.05, 4.69) is 20.4 Å². The predicted octanol–water partition coefficient (Wildman–Crippen LogP) is 3.88. The summed E-state index contributed by atoms with van der Waals surface area (Å²) in [5.41, 5.74) is 2.39. The maximum atomic E-state index is 13.3. The Kier molecular flexibility index (Phi) is 4.81. The lowest BCUT2D eigenvalue weighted by molar-refractivity contribution is 0.0940. The fraction of sp³-hybridized carbons (Fsp3) is 0.200. The molecule has 1 saturated heterocycles. The molecule has 2 N–H and O–H groups in total. The maximum Gasteiger partial charge on any atom is 0.251 e. The van der Waals surface area contributed by atoms with Gasteiger partial charge in [0.1, 0.15) is 5.82 Å². The Labute approximate surface area is 161 Å². The first-order chi connectivity index (χ1) is 13.1. The number of nitrogens with one attached hydrogen (secondary N) is 2. The molecule has 1 aromatic heterocycles. The Morgan fingerprint density at radius 1 is 1.22 bits per heavy atom. The minimum atomic E-state index is -0.534. The number of H-pyrrole nitrogens is 1. The second-order valence-electron chi connectivity index (χ2n) is 6.54. The molecule has 7 heteroatoms. The first kappa shape index (κ1) is 17.5. The van der Waals surface area contributed by atoms with Crippen LogP contribution in [0.1, 0.15) is 16.8 Å². The van der Waals surface area contributed by atoms with Crippen LogP contribution in [0.2, 0.25) is 5.02 Å². The standard InChI is InChI=1S/C20H18ClFN4O/c21-16-10-14(6-7-17(16)22)20(27)23-15-8-9-26(12-15)19-11-18(24-25-19)13-4-2-1-3-5-13/h1-7,10-11,15H,8-9,12H2,(H,23,27)(H,24,25). The SMILES string of the molecule is O=C(NC1CCN(c2cc(-c3ccccc3)[nH]n2)C1)c1ccc(F)c(Cl)c1. The average molecular weight is 385 g/mol. The summed E-state index contributed by atoms with van der Waals surface area (Å²) in [4.78, 5) is 14.5. The number of amides is 1. The predicted molar refractivity (Wildman–Crippen MR) is 104 cm³/mol. The smallest absolute Gasteiger partial charge is 0.251 e. The van der Waals surface area contributed by atoms with E-state index in [1.165, 1.54) is 18.2 Å². The van der Waals surface area contributed by atoms with Crippen LogP contribution in [0.3, 0.4) is 0 Å². The number of rotatable bonds is 4. The number of carbonyl (C=O) groups is 1. The van der Waals surface area contributed by atoms with Gasteiger partial charge in [-0.05, 0) is 30.2 Å². The van der Waals surface area contributed by atoms with Crippen molar-refractivity contribution < 1.29 is 9.18 Å². The molecule has 0 spiro atoms. The van der Waals surface area contributed by atoms with Crippen molar-refractivity contribution in [3.8, 4) is 11.3 Å². The second kappa shape index (κ2) is 7.40. The largest absolute Gasteiger partial charge is 0.353 e. The number of carbonyl (C=O) groups excluding carboxylic acids is 1. The molecule has 1 aliphatic heterocycles. The zero-order chi connectivity index (χ0) is 18.8. The molecule has 4 rings (SSSR count). The van der Waals surface area contributed by atoms with Crippen molar-refractivity contribution in [2.45, 2.75) is 12.5 Å². The summed E-state index contributed by atoms with van der Waals surface area (Å²) in [6.07, 6.45) is 0.814. The Hall–Kier alpha value is -2.86. The Morgan fingerprint density at radius 2 is 2.04 bits per heavy atom. The highest BCUT2D eigenvalue weighted by molar-refractivity contribution is 6.31. The number of hydrogen-bond donors (Lipinski definition) is 2. The van der Waals surface area contributed by atoms with Gasteiger partial charge in [-0.15, -0.1) is 0 Å². The van der Waals surface area contributed by atoms with Gasteiger partial charge in [-0.1, -0.05) is 41.9 Å². The lowest BCUT2D eigenvalue weighted by Crippen LogP contribution is -2.37. The highest BCUT2D eigenvalue weighted by atomic mass is 35.5. The zero-order valence-electron chi connectivity index (χ0n) is 14.5. The summed E-state index contributed by atoms with van der Waals surface area (Å²) in [6.45, 7) is 1.47. The van der Waals surface area contributed by atoms with Crippen LogP contribution < -0.4 is 10.2 Å². The zero-order valence-corrected chi connectivity index (χ0v) is 15.2. The monoisotopic (exact) mass is 384 g/mol. The van der Waals surface area contributed by atoms with Crippen LogP contribution in [-0.2, 0) is 0 Å². The van der Waals surface area contributed by atoms with E-state index >= 15 is 0 Å². The summed E-state index contributed by atoms with van der Waals surface area (Å²) in [5, 5.41) is 10.4. The van der Waals surface area contributed by atoms with E-state index in [1.54, 1.807) is 0 Å². The molecule has 1 unspecified atom stereocenters. The van der Waals surface area contributed by atoms with Gasteiger partial charge in [-0.2, -0.15) is 5.10 Å². The molecule has 0 aliphatic carbocycles. The van der Waals surface area contributed by atoms with E-state index in [0.717, 1.165) is 30.0 Å². The highest BCUT2D eigenvalue weighted by Crippen LogP contribution is 2.24. The number of benzene rings is 2. The Morgan fingerprint density at radius 3 is 2.81 bits per heavy atom. The quantitative estimate of drug-likeness (QED) is 0.717. The number of nitrogens with zero attached hydrogens (tertiary/aromatic N) is 2. The van der Waals surface area contributed by atoms with E-state index < -0.39 is 5.82 Å². The van der Waals surface area contributed by atoms with Gasteiger partial charge in [0.2, 0.25) is 0 Å². The van der Waals surface area contributed by atoms with Crippen molar-refractivity contribution in [1.82, 2.24) is 15.5 Å². The number of aromatic amines is 1. The van der Waals surface area contributed by atoms with Crippen LogP contribution in [0.4, 0.5) is 10.2 Å². The van der Waals surface area contributed by atoms with Crippen LogP contribution in [0.15, 0.2) is 54.6 Å². The van der Waals surface area contributed by atoms with Crippen molar-refractivity contribution in [3.05, 3.63) is 71.0 Å². The van der Waals surface area contributed by atoms with Crippen molar-refractivity contribution in [3.63, 3.8) is 0 Å².